The molecule has 0 aliphatic carbocycles. The monoisotopic (exact) mass is 239 g/mol. The molecular formula is C12H21N3O2. The zero-order valence-electron chi connectivity index (χ0n) is 10.7. The fourth-order valence-corrected chi connectivity index (χ4v) is 1.76. The molecule has 1 aromatic heterocycles. The number of rotatable bonds is 7. The van der Waals surface area contributed by atoms with E-state index in [9.17, 15) is 4.79 Å². The number of nitrogens with zero attached hydrogens (tertiary/aromatic N) is 2. The Hall–Kier alpha value is -1.36. The van der Waals surface area contributed by atoms with Crippen molar-refractivity contribution in [3.8, 4) is 0 Å². The summed E-state index contributed by atoms with van der Waals surface area (Å²) in [7, 11) is 1.89. The van der Waals surface area contributed by atoms with Gasteiger partial charge in [0, 0.05) is 31.9 Å². The van der Waals surface area contributed by atoms with Crippen LogP contribution in [0.3, 0.4) is 0 Å². The van der Waals surface area contributed by atoms with Gasteiger partial charge in [0.25, 0.3) is 0 Å². The van der Waals surface area contributed by atoms with Gasteiger partial charge in [0.1, 0.15) is 6.04 Å². The number of aliphatic carboxylic acids is 1. The second-order valence-corrected chi connectivity index (χ2v) is 4.67. The summed E-state index contributed by atoms with van der Waals surface area (Å²) in [6.45, 7) is 4.71. The van der Waals surface area contributed by atoms with Crippen molar-refractivity contribution in [2.24, 2.45) is 13.0 Å². The summed E-state index contributed by atoms with van der Waals surface area (Å²) in [6, 6.07) is 1.49. The summed E-state index contributed by atoms with van der Waals surface area (Å²) in [5.41, 5.74) is 1.10. The van der Waals surface area contributed by atoms with E-state index in [0.717, 1.165) is 12.1 Å². The first-order chi connectivity index (χ1) is 8.00. The molecule has 0 aliphatic heterocycles. The number of carboxylic acid groups (broad SMARTS) is 1. The summed E-state index contributed by atoms with van der Waals surface area (Å²) in [6.07, 6.45) is 3.19. The summed E-state index contributed by atoms with van der Waals surface area (Å²) in [5, 5.41) is 16.2. The fraction of sp³-hybridized carbons (Fsp3) is 0.667. The highest BCUT2D eigenvalue weighted by Crippen LogP contribution is 2.05. The smallest absolute Gasteiger partial charge is 0.320 e. The lowest BCUT2D eigenvalue weighted by Gasteiger charge is -2.16. The predicted octanol–water partition coefficient (Wildman–Crippen LogP) is 1.05. The second-order valence-electron chi connectivity index (χ2n) is 4.67. The Kier molecular flexibility index (Phi) is 5.15. The van der Waals surface area contributed by atoms with Gasteiger partial charge in [-0.1, -0.05) is 13.8 Å². The van der Waals surface area contributed by atoms with Gasteiger partial charge in [-0.05, 0) is 18.4 Å². The summed E-state index contributed by atoms with van der Waals surface area (Å²) >= 11 is 0. The van der Waals surface area contributed by atoms with Crippen molar-refractivity contribution in [3.05, 3.63) is 18.0 Å². The lowest BCUT2D eigenvalue weighted by atomic mass is 10.0. The van der Waals surface area contributed by atoms with Crippen molar-refractivity contribution < 1.29 is 9.90 Å². The van der Waals surface area contributed by atoms with E-state index in [2.05, 4.69) is 10.4 Å². The normalized spacial score (nSPS) is 12.9. The molecule has 1 heterocycles. The van der Waals surface area contributed by atoms with Crippen LogP contribution in [-0.2, 0) is 18.3 Å². The Morgan fingerprint density at radius 3 is 2.76 bits per heavy atom. The molecule has 5 heteroatoms. The molecule has 0 fully saturated rings. The Morgan fingerprint density at radius 1 is 1.59 bits per heavy atom. The second kappa shape index (κ2) is 6.39. The van der Waals surface area contributed by atoms with Crippen molar-refractivity contribution >= 4 is 5.97 Å². The number of hydrogen-bond donors (Lipinski definition) is 2. The highest BCUT2D eigenvalue weighted by molar-refractivity contribution is 5.73. The number of nitrogens with one attached hydrogen (secondary N) is 1. The van der Waals surface area contributed by atoms with E-state index < -0.39 is 12.0 Å². The zero-order valence-corrected chi connectivity index (χ0v) is 10.7. The van der Waals surface area contributed by atoms with Crippen molar-refractivity contribution in [1.82, 2.24) is 15.1 Å². The van der Waals surface area contributed by atoms with Crippen LogP contribution in [0.5, 0.6) is 0 Å². The Morgan fingerprint density at radius 2 is 2.29 bits per heavy atom. The molecule has 0 bridgehead atoms. The molecule has 1 atom stereocenters. The summed E-state index contributed by atoms with van der Waals surface area (Å²) < 4.78 is 1.81. The lowest BCUT2D eigenvalue weighted by molar-refractivity contribution is -0.139. The molecule has 1 aromatic rings. The molecule has 0 aliphatic rings. The Balaban J connectivity index is 2.37. The van der Waals surface area contributed by atoms with Gasteiger partial charge >= 0.3 is 5.97 Å². The maximum Gasteiger partial charge on any atom is 0.320 e. The maximum atomic E-state index is 11.0. The minimum atomic E-state index is -0.774. The summed E-state index contributed by atoms with van der Waals surface area (Å²) in [5.74, 6) is -0.399. The van der Waals surface area contributed by atoms with Crippen molar-refractivity contribution in [1.29, 1.82) is 0 Å². The van der Waals surface area contributed by atoms with Gasteiger partial charge in [-0.2, -0.15) is 5.10 Å². The fourth-order valence-electron chi connectivity index (χ4n) is 1.76. The van der Waals surface area contributed by atoms with E-state index in [0.29, 0.717) is 18.9 Å². The molecule has 0 amide bonds. The summed E-state index contributed by atoms with van der Waals surface area (Å²) in [4.78, 5) is 11.0. The first-order valence-electron chi connectivity index (χ1n) is 5.93. The highest BCUT2D eigenvalue weighted by Gasteiger charge is 2.17. The van der Waals surface area contributed by atoms with Crippen LogP contribution < -0.4 is 5.32 Å². The van der Waals surface area contributed by atoms with Gasteiger partial charge in [0.05, 0.1) is 0 Å². The molecule has 96 valence electrons. The van der Waals surface area contributed by atoms with Crippen molar-refractivity contribution in [3.63, 3.8) is 0 Å². The average molecular weight is 239 g/mol. The van der Waals surface area contributed by atoms with Gasteiger partial charge in [0.2, 0.25) is 0 Å². The van der Waals surface area contributed by atoms with E-state index >= 15 is 0 Å². The number of aromatic nitrogens is 2. The topological polar surface area (TPSA) is 67.2 Å². The molecule has 1 unspecified atom stereocenters. The van der Waals surface area contributed by atoms with Gasteiger partial charge in [-0.3, -0.25) is 9.48 Å². The zero-order chi connectivity index (χ0) is 12.8. The van der Waals surface area contributed by atoms with Crippen LogP contribution in [0.25, 0.3) is 0 Å². The molecule has 5 nitrogen and oxygen atoms in total. The Bertz CT molecular complexity index is 360. The molecule has 0 radical (unpaired) electrons. The molecule has 0 saturated heterocycles. The van der Waals surface area contributed by atoms with Crippen LogP contribution >= 0.6 is 0 Å². The molecule has 17 heavy (non-hydrogen) atoms. The molecular weight excluding hydrogens is 218 g/mol. The first-order valence-corrected chi connectivity index (χ1v) is 5.93. The number of carbonyl (C=O) groups is 1. The van der Waals surface area contributed by atoms with Gasteiger partial charge in [0.15, 0.2) is 0 Å². The average Bonchev–Trinajstić information content (AvgIpc) is 2.62. The van der Waals surface area contributed by atoms with E-state index in [1.165, 1.54) is 0 Å². The quantitative estimate of drug-likeness (QED) is 0.746. The van der Waals surface area contributed by atoms with Gasteiger partial charge < -0.3 is 10.4 Å². The van der Waals surface area contributed by atoms with Crippen LogP contribution in [-0.4, -0.2) is 33.4 Å². The minimum absolute atomic E-state index is 0.375. The van der Waals surface area contributed by atoms with Crippen molar-refractivity contribution in [2.75, 3.05) is 6.54 Å². The number of hydrogen-bond acceptors (Lipinski definition) is 3. The van der Waals surface area contributed by atoms with Crippen LogP contribution in [0.15, 0.2) is 12.3 Å². The molecule has 0 saturated carbocycles. The number of carboxylic acids is 1. The van der Waals surface area contributed by atoms with Gasteiger partial charge in [-0.25, -0.2) is 0 Å². The molecule has 1 rings (SSSR count). The third-order valence-electron chi connectivity index (χ3n) is 2.70. The third-order valence-corrected chi connectivity index (χ3v) is 2.70. The largest absolute Gasteiger partial charge is 0.480 e. The molecule has 0 aromatic carbocycles. The lowest BCUT2D eigenvalue weighted by Crippen LogP contribution is -2.39. The molecule has 2 N–H and O–H groups in total. The standard InChI is InChI=1S/C12H21N3O2/c1-9(2)8-11(12(16)17)13-6-4-10-5-7-14-15(10)3/h5,7,9,11,13H,4,6,8H2,1-3H3,(H,16,17). The van der Waals surface area contributed by atoms with E-state index in [4.69, 9.17) is 5.11 Å². The van der Waals surface area contributed by atoms with Crippen LogP contribution in [0.2, 0.25) is 0 Å². The minimum Gasteiger partial charge on any atom is -0.480 e. The van der Waals surface area contributed by atoms with E-state index in [-0.39, 0.29) is 0 Å². The van der Waals surface area contributed by atoms with Crippen LogP contribution in [0.4, 0.5) is 0 Å². The van der Waals surface area contributed by atoms with Crippen LogP contribution in [0.1, 0.15) is 26.0 Å². The highest BCUT2D eigenvalue weighted by atomic mass is 16.4. The number of aryl methyl sites for hydroxylation is 1. The maximum absolute atomic E-state index is 11.0. The Labute approximate surface area is 102 Å². The van der Waals surface area contributed by atoms with E-state index in [1.807, 2.05) is 27.0 Å². The van der Waals surface area contributed by atoms with Crippen molar-refractivity contribution in [2.45, 2.75) is 32.7 Å². The van der Waals surface area contributed by atoms with E-state index in [1.54, 1.807) is 10.9 Å². The SMILES string of the molecule is CC(C)CC(NCCc1ccnn1C)C(=O)O. The first kappa shape index (κ1) is 13.7. The van der Waals surface area contributed by atoms with Crippen LogP contribution in [0, 0.1) is 5.92 Å². The molecule has 0 spiro atoms. The third kappa shape index (κ3) is 4.56. The van der Waals surface area contributed by atoms with Gasteiger partial charge in [-0.15, -0.1) is 0 Å². The predicted molar refractivity (Wildman–Crippen MR) is 65.8 cm³/mol.